The molecule has 4 heteroatoms. The van der Waals surface area contributed by atoms with Crippen molar-refractivity contribution < 1.29 is 0 Å². The summed E-state index contributed by atoms with van der Waals surface area (Å²) >= 11 is 0. The molecule has 1 heterocycles. The highest BCUT2D eigenvalue weighted by Gasteiger charge is 2.39. The topological polar surface area (TPSA) is 6.48 Å². The van der Waals surface area contributed by atoms with Gasteiger partial charge in [-0.25, -0.2) is 0 Å². The predicted octanol–water partition coefficient (Wildman–Crippen LogP) is 8.97. The van der Waals surface area contributed by atoms with Gasteiger partial charge in [0.15, 0.2) is 0 Å². The smallest absolute Gasteiger partial charge is 0.366 e. The fraction of sp³-hybridized carbons (Fsp3) is 0.375. The molecule has 1 atom stereocenters. The minimum absolute atomic E-state index is 0.196. The van der Waals surface area contributed by atoms with Gasteiger partial charge in [-0.15, -0.1) is 0 Å². The molecule has 0 radical (unpaired) electrons. The molecule has 0 fully saturated rings. The minimum Gasteiger partial charge on any atom is -0.366 e. The second-order valence-corrected chi connectivity index (χ2v) is 12.6. The summed E-state index contributed by atoms with van der Waals surface area (Å²) < 4.78 is 0. The normalized spacial score (nSPS) is 14.2. The van der Waals surface area contributed by atoms with Crippen LogP contribution in [-0.4, -0.2) is 6.70 Å². The standard InChI is InChI=1S/C32H42BN2P/c1-22(2)27-16-12-17-28(23(3)4)31(27)34-20-21-35(33(34)36-26-14-10-9-11-15-26)32-29(24(5)6)18-13-19-30(32)25(7)8/h9-25,36H,1-8H3. The summed E-state index contributed by atoms with van der Waals surface area (Å²) in [6, 6.07) is 24.8. The molecule has 1 aliphatic heterocycles. The van der Waals surface area contributed by atoms with Gasteiger partial charge in [0.2, 0.25) is 0 Å². The molecule has 2 nitrogen and oxygen atoms in total. The third-order valence-electron chi connectivity index (χ3n) is 7.19. The van der Waals surface area contributed by atoms with Crippen LogP contribution in [0.5, 0.6) is 0 Å². The lowest BCUT2D eigenvalue weighted by atomic mass is 9.87. The highest BCUT2D eigenvalue weighted by molar-refractivity contribution is 7.83. The Kier molecular flexibility index (Phi) is 8.31. The fourth-order valence-electron chi connectivity index (χ4n) is 5.28. The molecule has 0 saturated carbocycles. The first kappa shape index (κ1) is 26.6. The molecule has 0 spiro atoms. The van der Waals surface area contributed by atoms with Crippen molar-refractivity contribution in [1.29, 1.82) is 0 Å². The van der Waals surface area contributed by atoms with Crippen molar-refractivity contribution in [1.82, 2.24) is 0 Å². The molecule has 4 rings (SSSR count). The Hall–Kier alpha value is -2.51. The van der Waals surface area contributed by atoms with Crippen LogP contribution in [0, 0.1) is 0 Å². The number of rotatable bonds is 8. The average Bonchev–Trinajstić information content (AvgIpc) is 3.26. The van der Waals surface area contributed by atoms with Gasteiger partial charge in [-0.1, -0.05) is 131 Å². The van der Waals surface area contributed by atoms with E-state index in [2.05, 4.69) is 144 Å². The van der Waals surface area contributed by atoms with E-state index < -0.39 is 0 Å². The largest absolute Gasteiger partial charge is 0.414 e. The highest BCUT2D eigenvalue weighted by Crippen LogP contribution is 2.45. The van der Waals surface area contributed by atoms with E-state index in [0.717, 1.165) is 0 Å². The molecule has 0 saturated heterocycles. The van der Waals surface area contributed by atoms with Gasteiger partial charge in [-0.2, -0.15) is 0 Å². The Morgan fingerprint density at radius 3 is 1.19 bits per heavy atom. The Morgan fingerprint density at radius 1 is 0.500 bits per heavy atom. The summed E-state index contributed by atoms with van der Waals surface area (Å²) in [5.41, 5.74) is 8.49. The number of hydrogen-bond acceptors (Lipinski definition) is 2. The number of nitrogens with zero attached hydrogens (tertiary/aromatic N) is 2. The van der Waals surface area contributed by atoms with E-state index in [9.17, 15) is 0 Å². The zero-order valence-electron chi connectivity index (χ0n) is 23.3. The van der Waals surface area contributed by atoms with Crippen molar-refractivity contribution in [3.8, 4) is 0 Å². The highest BCUT2D eigenvalue weighted by atomic mass is 31.1. The maximum atomic E-state index is 2.58. The molecular formula is C32H42BN2P. The third kappa shape index (κ3) is 5.28. The second-order valence-electron chi connectivity index (χ2n) is 11.2. The van der Waals surface area contributed by atoms with Gasteiger partial charge in [0.1, 0.15) is 0 Å². The summed E-state index contributed by atoms with van der Waals surface area (Å²) in [5.74, 6) is 1.82. The second kappa shape index (κ2) is 11.3. The summed E-state index contributed by atoms with van der Waals surface area (Å²) in [5, 5.41) is 1.39. The summed E-state index contributed by atoms with van der Waals surface area (Å²) in [4.78, 5) is 5.16. The first-order valence-electron chi connectivity index (χ1n) is 13.5. The quantitative estimate of drug-likeness (QED) is 0.227. The molecule has 36 heavy (non-hydrogen) atoms. The lowest BCUT2D eigenvalue weighted by molar-refractivity contribution is 0.832. The SMILES string of the molecule is CC(C)c1cccc(C(C)C)c1N1C=CN(c2c(C(C)C)cccc2C(C)C)B1Pc1ccccc1. The Labute approximate surface area is 221 Å². The zero-order valence-corrected chi connectivity index (χ0v) is 24.3. The number of para-hydroxylation sites is 2. The Morgan fingerprint density at radius 2 is 0.861 bits per heavy atom. The van der Waals surface area contributed by atoms with E-state index in [-0.39, 0.29) is 6.70 Å². The average molecular weight is 496 g/mol. The number of hydrogen-bond donors (Lipinski definition) is 0. The summed E-state index contributed by atoms with van der Waals surface area (Å²) in [6.45, 7) is 18.8. The molecule has 0 N–H and O–H groups in total. The van der Waals surface area contributed by atoms with Crippen LogP contribution in [0.2, 0.25) is 0 Å². The van der Waals surface area contributed by atoms with Gasteiger partial charge in [0.25, 0.3) is 0 Å². The minimum atomic E-state index is 0.196. The summed E-state index contributed by atoms with van der Waals surface area (Å²) in [7, 11) is 0.619. The van der Waals surface area contributed by atoms with Gasteiger partial charge in [-0.05, 0) is 51.2 Å². The van der Waals surface area contributed by atoms with E-state index in [1.165, 1.54) is 38.9 Å². The molecule has 3 aromatic carbocycles. The summed E-state index contributed by atoms with van der Waals surface area (Å²) in [6.07, 6.45) is 4.68. The number of anilines is 2. The maximum Gasteiger partial charge on any atom is 0.414 e. The molecule has 188 valence electrons. The van der Waals surface area contributed by atoms with Gasteiger partial charge >= 0.3 is 6.70 Å². The maximum absolute atomic E-state index is 2.58. The van der Waals surface area contributed by atoms with E-state index in [0.29, 0.717) is 32.1 Å². The first-order chi connectivity index (χ1) is 17.2. The van der Waals surface area contributed by atoms with E-state index in [1.807, 2.05) is 0 Å². The van der Waals surface area contributed by atoms with Crippen molar-refractivity contribution in [2.45, 2.75) is 79.1 Å². The molecule has 0 aliphatic carbocycles. The van der Waals surface area contributed by atoms with Crippen LogP contribution in [-0.2, 0) is 0 Å². The molecule has 3 aromatic rings. The first-order valence-corrected chi connectivity index (χ1v) is 14.6. The van der Waals surface area contributed by atoms with Crippen LogP contribution in [0.3, 0.4) is 0 Å². The Bertz CT molecular complexity index is 1070. The molecule has 1 unspecified atom stereocenters. The van der Waals surface area contributed by atoms with Crippen LogP contribution in [0.15, 0.2) is 79.1 Å². The van der Waals surface area contributed by atoms with Gasteiger partial charge in [0.05, 0.1) is 0 Å². The van der Waals surface area contributed by atoms with Crippen molar-refractivity contribution in [2.24, 2.45) is 0 Å². The van der Waals surface area contributed by atoms with Crippen LogP contribution in [0.25, 0.3) is 0 Å². The van der Waals surface area contributed by atoms with Crippen LogP contribution >= 0.6 is 8.46 Å². The molecule has 0 amide bonds. The fourth-order valence-corrected chi connectivity index (χ4v) is 6.67. The molecular weight excluding hydrogens is 454 g/mol. The molecule has 0 aromatic heterocycles. The van der Waals surface area contributed by atoms with Gasteiger partial charge < -0.3 is 9.62 Å². The van der Waals surface area contributed by atoms with Crippen LogP contribution in [0.1, 0.15) is 101 Å². The van der Waals surface area contributed by atoms with Gasteiger partial charge in [-0.3, -0.25) is 0 Å². The van der Waals surface area contributed by atoms with Crippen LogP contribution < -0.4 is 14.9 Å². The zero-order chi connectivity index (χ0) is 26.0. The van der Waals surface area contributed by atoms with Crippen LogP contribution in [0.4, 0.5) is 11.4 Å². The van der Waals surface area contributed by atoms with Gasteiger partial charge in [0, 0.05) is 23.8 Å². The van der Waals surface area contributed by atoms with Crippen molar-refractivity contribution in [3.05, 3.63) is 101 Å². The predicted molar refractivity (Wildman–Crippen MR) is 163 cm³/mol. The molecule has 1 aliphatic rings. The monoisotopic (exact) mass is 496 g/mol. The lowest BCUT2D eigenvalue weighted by Crippen LogP contribution is -2.43. The van der Waals surface area contributed by atoms with Crippen molar-refractivity contribution >= 4 is 31.8 Å². The van der Waals surface area contributed by atoms with Crippen molar-refractivity contribution in [2.75, 3.05) is 9.62 Å². The van der Waals surface area contributed by atoms with E-state index in [4.69, 9.17) is 0 Å². The lowest BCUT2D eigenvalue weighted by Gasteiger charge is -2.36. The van der Waals surface area contributed by atoms with E-state index >= 15 is 0 Å². The van der Waals surface area contributed by atoms with Crippen molar-refractivity contribution in [3.63, 3.8) is 0 Å². The Balaban J connectivity index is 1.92. The molecule has 0 bridgehead atoms. The third-order valence-corrected chi connectivity index (χ3v) is 8.67. The van der Waals surface area contributed by atoms with E-state index in [1.54, 1.807) is 0 Å². The number of benzene rings is 3.